The minimum absolute atomic E-state index is 0.606. The molecule has 1 heterocycles. The van der Waals surface area contributed by atoms with Crippen LogP contribution in [0.15, 0.2) is 36.4 Å². The minimum Gasteiger partial charge on any atom is -0.492 e. The summed E-state index contributed by atoms with van der Waals surface area (Å²) in [5.41, 5.74) is 8.21. The third kappa shape index (κ3) is 1.62. The normalized spacial score (nSPS) is 11.8. The molecule has 3 rings (SSSR count). The molecule has 0 aromatic heterocycles. The van der Waals surface area contributed by atoms with Gasteiger partial charge in [0.05, 0.1) is 12.3 Å². The quantitative estimate of drug-likeness (QED) is 0.675. The van der Waals surface area contributed by atoms with E-state index in [1.807, 2.05) is 43.3 Å². The van der Waals surface area contributed by atoms with Crippen molar-refractivity contribution in [1.29, 1.82) is 0 Å². The summed E-state index contributed by atoms with van der Waals surface area (Å²) in [6.07, 6.45) is 0. The number of nitrogen functional groups attached to an aromatic ring is 1. The van der Waals surface area contributed by atoms with Crippen molar-refractivity contribution in [1.82, 2.24) is 0 Å². The third-order valence-electron chi connectivity index (χ3n) is 2.82. The summed E-state index contributed by atoms with van der Waals surface area (Å²) in [5.74, 6) is 2.25. The zero-order chi connectivity index (χ0) is 12.5. The van der Waals surface area contributed by atoms with Crippen LogP contribution < -0.4 is 20.5 Å². The van der Waals surface area contributed by atoms with Crippen molar-refractivity contribution in [3.05, 3.63) is 36.4 Å². The standard InChI is InChI=1S/C14H14N2O2/c1-2-17-10-6-4-8-12-14(10)16-13-9(15)5-3-7-11(13)18-12/h3-8,16H,2,15H2,1H3. The van der Waals surface area contributed by atoms with Crippen LogP contribution in [0, 0.1) is 0 Å². The third-order valence-corrected chi connectivity index (χ3v) is 2.82. The van der Waals surface area contributed by atoms with Crippen LogP contribution in [0.25, 0.3) is 0 Å². The minimum atomic E-state index is 0.606. The average molecular weight is 242 g/mol. The molecule has 0 unspecified atom stereocenters. The highest BCUT2D eigenvalue weighted by atomic mass is 16.5. The van der Waals surface area contributed by atoms with Crippen molar-refractivity contribution in [2.75, 3.05) is 17.7 Å². The summed E-state index contributed by atoms with van der Waals surface area (Å²) in [5, 5.41) is 3.29. The summed E-state index contributed by atoms with van der Waals surface area (Å²) in [6.45, 7) is 2.56. The van der Waals surface area contributed by atoms with Gasteiger partial charge in [-0.15, -0.1) is 0 Å². The van der Waals surface area contributed by atoms with Gasteiger partial charge in [0.1, 0.15) is 17.1 Å². The first-order chi connectivity index (χ1) is 8.79. The maximum atomic E-state index is 5.94. The Morgan fingerprint density at radius 3 is 2.61 bits per heavy atom. The van der Waals surface area contributed by atoms with Crippen molar-refractivity contribution in [3.8, 4) is 17.2 Å². The van der Waals surface area contributed by atoms with Crippen LogP contribution in [0.4, 0.5) is 17.1 Å². The molecule has 0 aliphatic carbocycles. The van der Waals surface area contributed by atoms with Gasteiger partial charge in [-0.25, -0.2) is 0 Å². The molecule has 18 heavy (non-hydrogen) atoms. The first-order valence-electron chi connectivity index (χ1n) is 5.88. The van der Waals surface area contributed by atoms with Gasteiger partial charge in [-0.1, -0.05) is 12.1 Å². The Morgan fingerprint density at radius 2 is 1.83 bits per heavy atom. The Kier molecular flexibility index (Phi) is 2.48. The molecule has 4 nitrogen and oxygen atoms in total. The lowest BCUT2D eigenvalue weighted by Crippen LogP contribution is -2.07. The van der Waals surface area contributed by atoms with E-state index >= 15 is 0 Å². The van der Waals surface area contributed by atoms with Crippen molar-refractivity contribution in [2.24, 2.45) is 0 Å². The van der Waals surface area contributed by atoms with Crippen LogP contribution >= 0.6 is 0 Å². The van der Waals surface area contributed by atoms with Crippen LogP contribution in [0.2, 0.25) is 0 Å². The summed E-state index contributed by atoms with van der Waals surface area (Å²) >= 11 is 0. The molecule has 3 N–H and O–H groups in total. The van der Waals surface area contributed by atoms with Crippen LogP contribution in [-0.4, -0.2) is 6.61 Å². The molecular weight excluding hydrogens is 228 g/mol. The van der Waals surface area contributed by atoms with Crippen molar-refractivity contribution in [2.45, 2.75) is 6.92 Å². The van der Waals surface area contributed by atoms with E-state index in [1.165, 1.54) is 0 Å². The monoisotopic (exact) mass is 242 g/mol. The molecule has 0 fully saturated rings. The molecule has 92 valence electrons. The highest BCUT2D eigenvalue weighted by Crippen LogP contribution is 2.48. The van der Waals surface area contributed by atoms with E-state index < -0.39 is 0 Å². The topological polar surface area (TPSA) is 56.5 Å². The van der Waals surface area contributed by atoms with Crippen LogP contribution in [0.5, 0.6) is 17.2 Å². The summed E-state index contributed by atoms with van der Waals surface area (Å²) in [6, 6.07) is 11.3. The number of hydrogen-bond donors (Lipinski definition) is 2. The van der Waals surface area contributed by atoms with Gasteiger partial charge >= 0.3 is 0 Å². The Morgan fingerprint density at radius 1 is 1.11 bits per heavy atom. The fourth-order valence-corrected chi connectivity index (χ4v) is 2.01. The molecule has 0 spiro atoms. The van der Waals surface area contributed by atoms with E-state index in [4.69, 9.17) is 15.2 Å². The number of nitrogens with one attached hydrogen (secondary N) is 1. The Bertz CT molecular complexity index is 596. The molecule has 1 aliphatic rings. The molecule has 0 saturated heterocycles. The van der Waals surface area contributed by atoms with E-state index in [1.54, 1.807) is 0 Å². The number of rotatable bonds is 2. The predicted molar refractivity (Wildman–Crippen MR) is 71.8 cm³/mol. The van der Waals surface area contributed by atoms with Crippen molar-refractivity contribution >= 4 is 17.1 Å². The molecule has 0 radical (unpaired) electrons. The first-order valence-corrected chi connectivity index (χ1v) is 5.88. The maximum absolute atomic E-state index is 5.94. The molecule has 0 amide bonds. The summed E-state index contributed by atoms with van der Waals surface area (Å²) in [4.78, 5) is 0. The molecule has 2 aromatic carbocycles. The van der Waals surface area contributed by atoms with E-state index in [-0.39, 0.29) is 0 Å². The van der Waals surface area contributed by atoms with Crippen LogP contribution in [0.1, 0.15) is 6.92 Å². The second-order valence-corrected chi connectivity index (χ2v) is 4.01. The van der Waals surface area contributed by atoms with Gasteiger partial charge in [0, 0.05) is 0 Å². The van der Waals surface area contributed by atoms with Gasteiger partial charge in [0.25, 0.3) is 0 Å². The van der Waals surface area contributed by atoms with Gasteiger partial charge in [-0.3, -0.25) is 0 Å². The van der Waals surface area contributed by atoms with Gasteiger partial charge in [-0.05, 0) is 31.2 Å². The van der Waals surface area contributed by atoms with Crippen molar-refractivity contribution in [3.63, 3.8) is 0 Å². The van der Waals surface area contributed by atoms with E-state index in [0.29, 0.717) is 12.3 Å². The number of hydrogen-bond acceptors (Lipinski definition) is 4. The predicted octanol–water partition coefficient (Wildman–Crippen LogP) is 3.52. The lowest BCUT2D eigenvalue weighted by Gasteiger charge is -2.24. The molecule has 4 heteroatoms. The number of anilines is 3. The summed E-state index contributed by atoms with van der Waals surface area (Å²) < 4.78 is 11.4. The van der Waals surface area contributed by atoms with E-state index in [9.17, 15) is 0 Å². The van der Waals surface area contributed by atoms with Crippen molar-refractivity contribution < 1.29 is 9.47 Å². The lowest BCUT2D eigenvalue weighted by atomic mass is 10.2. The zero-order valence-corrected chi connectivity index (χ0v) is 10.1. The highest BCUT2D eigenvalue weighted by Gasteiger charge is 2.21. The Hall–Kier alpha value is -2.36. The first kappa shape index (κ1) is 10.8. The number of benzene rings is 2. The van der Waals surface area contributed by atoms with E-state index in [0.717, 1.165) is 28.6 Å². The van der Waals surface area contributed by atoms with Crippen LogP contribution in [-0.2, 0) is 0 Å². The number of nitrogens with two attached hydrogens (primary N) is 1. The Balaban J connectivity index is 2.08. The number of ether oxygens (including phenoxy) is 2. The lowest BCUT2D eigenvalue weighted by molar-refractivity contribution is 0.339. The Labute approximate surface area is 105 Å². The number of para-hydroxylation sites is 2. The van der Waals surface area contributed by atoms with Gasteiger partial charge in [0.2, 0.25) is 0 Å². The zero-order valence-electron chi connectivity index (χ0n) is 10.1. The summed E-state index contributed by atoms with van der Waals surface area (Å²) in [7, 11) is 0. The van der Waals surface area contributed by atoms with Gasteiger partial charge < -0.3 is 20.5 Å². The molecular formula is C14H14N2O2. The molecule has 1 aliphatic heterocycles. The largest absolute Gasteiger partial charge is 0.492 e. The molecule has 0 atom stereocenters. The fraction of sp³-hybridized carbons (Fsp3) is 0.143. The average Bonchev–Trinajstić information content (AvgIpc) is 2.38. The van der Waals surface area contributed by atoms with Crippen LogP contribution in [0.3, 0.4) is 0 Å². The smallest absolute Gasteiger partial charge is 0.154 e. The van der Waals surface area contributed by atoms with Gasteiger partial charge in [-0.2, -0.15) is 0 Å². The fourth-order valence-electron chi connectivity index (χ4n) is 2.01. The van der Waals surface area contributed by atoms with Gasteiger partial charge in [0.15, 0.2) is 11.5 Å². The second kappa shape index (κ2) is 4.14. The SMILES string of the molecule is CCOc1cccc2c1Nc1c(N)cccc1O2. The maximum Gasteiger partial charge on any atom is 0.154 e. The molecule has 0 saturated carbocycles. The molecule has 0 bridgehead atoms. The second-order valence-electron chi connectivity index (χ2n) is 4.01. The highest BCUT2D eigenvalue weighted by molar-refractivity contribution is 5.86. The molecule has 2 aromatic rings. The number of fused-ring (bicyclic) bond motifs is 2. The van der Waals surface area contributed by atoms with E-state index in [2.05, 4.69) is 5.32 Å².